The number of hydrogen-bond acceptors (Lipinski definition) is 6. The summed E-state index contributed by atoms with van der Waals surface area (Å²) >= 11 is 7.71. The molecule has 0 bridgehead atoms. The molecular formula is C26H25ClN4O2S. The first kappa shape index (κ1) is 22.7. The van der Waals surface area contributed by atoms with E-state index < -0.39 is 5.92 Å². The third-order valence-corrected chi connectivity index (χ3v) is 7.59. The van der Waals surface area contributed by atoms with Gasteiger partial charge in [-0.3, -0.25) is 9.59 Å². The number of thioether (sulfide) groups is 1. The lowest BCUT2D eigenvalue weighted by atomic mass is 9.76. The average molecular weight is 493 g/mol. The number of rotatable bonds is 5. The van der Waals surface area contributed by atoms with E-state index in [0.717, 1.165) is 35.4 Å². The summed E-state index contributed by atoms with van der Waals surface area (Å²) in [5.74, 6) is 0.774. The minimum Gasteiger partial charge on any atom is -0.378 e. The van der Waals surface area contributed by atoms with Crippen LogP contribution in [0.25, 0.3) is 0 Å². The van der Waals surface area contributed by atoms with E-state index in [-0.39, 0.29) is 11.3 Å². The van der Waals surface area contributed by atoms with Crippen molar-refractivity contribution >= 4 is 40.7 Å². The Bertz CT molecular complexity index is 1350. The predicted octanol–water partition coefficient (Wildman–Crippen LogP) is 5.35. The minimum atomic E-state index is -0.436. The van der Waals surface area contributed by atoms with Crippen molar-refractivity contribution < 1.29 is 4.79 Å². The van der Waals surface area contributed by atoms with Gasteiger partial charge in [0.1, 0.15) is 5.82 Å². The largest absolute Gasteiger partial charge is 0.378 e. The molecule has 0 amide bonds. The highest BCUT2D eigenvalue weighted by molar-refractivity contribution is 7.98. The number of nitrogens with one attached hydrogen (secondary N) is 2. The molecule has 6 nitrogen and oxygen atoms in total. The number of H-pyrrole nitrogens is 1. The minimum absolute atomic E-state index is 0.0951. The SMILES string of the molecule is CN(C)c1ccc(C2C3=C(CCCC3=O)Nc3nc(SCc4ccccc4Cl)[nH]c(=O)c32)cc1. The van der Waals surface area contributed by atoms with Crippen molar-refractivity contribution in [3.05, 3.63) is 91.9 Å². The van der Waals surface area contributed by atoms with Crippen LogP contribution in [0.15, 0.2) is 69.8 Å². The third kappa shape index (κ3) is 4.26. The number of carbonyl (C=O) groups is 1. The van der Waals surface area contributed by atoms with Crippen molar-refractivity contribution in [3.8, 4) is 0 Å². The molecular weight excluding hydrogens is 468 g/mol. The van der Waals surface area contributed by atoms with Crippen LogP contribution in [0, 0.1) is 0 Å². The number of benzene rings is 2. The van der Waals surface area contributed by atoms with Gasteiger partial charge in [0.05, 0.1) is 5.56 Å². The number of aromatic nitrogens is 2. The maximum Gasteiger partial charge on any atom is 0.257 e. The standard InChI is InChI=1S/C26H25ClN4O2S/c1-31(2)17-12-10-15(11-13-17)21-22-19(8-5-9-20(22)32)28-24-23(21)25(33)30-26(29-24)34-14-16-6-3-4-7-18(16)27/h3-4,6-7,10-13,21H,5,8-9,14H2,1-2H3,(H2,28,29,30,33). The normalized spacial score (nSPS) is 17.1. The number of carbonyl (C=O) groups excluding carboxylic acids is 1. The molecule has 1 aromatic heterocycles. The van der Waals surface area contributed by atoms with Crippen LogP contribution < -0.4 is 15.8 Å². The molecule has 1 aliphatic heterocycles. The zero-order valence-electron chi connectivity index (χ0n) is 19.0. The molecule has 2 heterocycles. The second-order valence-electron chi connectivity index (χ2n) is 8.73. The van der Waals surface area contributed by atoms with Crippen molar-refractivity contribution in [2.75, 3.05) is 24.3 Å². The first-order chi connectivity index (χ1) is 16.4. The van der Waals surface area contributed by atoms with E-state index in [0.29, 0.717) is 39.3 Å². The summed E-state index contributed by atoms with van der Waals surface area (Å²) in [4.78, 5) is 36.1. The summed E-state index contributed by atoms with van der Waals surface area (Å²) in [5.41, 5.74) is 4.79. The van der Waals surface area contributed by atoms with Crippen molar-refractivity contribution in [1.82, 2.24) is 9.97 Å². The van der Waals surface area contributed by atoms with E-state index in [1.807, 2.05) is 67.5 Å². The lowest BCUT2D eigenvalue weighted by Crippen LogP contribution is -2.32. The molecule has 2 aliphatic rings. The van der Waals surface area contributed by atoms with Crippen LogP contribution in [0.3, 0.4) is 0 Å². The maximum absolute atomic E-state index is 13.4. The first-order valence-corrected chi connectivity index (χ1v) is 12.6. The molecule has 8 heteroatoms. The molecule has 1 atom stereocenters. The van der Waals surface area contributed by atoms with Gasteiger partial charge >= 0.3 is 0 Å². The number of Topliss-reactive ketones (excluding diaryl/α,β-unsaturated/α-hetero) is 1. The van der Waals surface area contributed by atoms with Crippen LogP contribution in [-0.2, 0) is 10.5 Å². The van der Waals surface area contributed by atoms with E-state index >= 15 is 0 Å². The highest BCUT2D eigenvalue weighted by Crippen LogP contribution is 2.43. The Morgan fingerprint density at radius 2 is 1.85 bits per heavy atom. The average Bonchev–Trinajstić information content (AvgIpc) is 2.82. The van der Waals surface area contributed by atoms with Crippen LogP contribution in [0.4, 0.5) is 11.5 Å². The first-order valence-electron chi connectivity index (χ1n) is 11.2. The van der Waals surface area contributed by atoms with Gasteiger partial charge in [0.25, 0.3) is 5.56 Å². The number of anilines is 2. The molecule has 2 aromatic carbocycles. The number of fused-ring (bicyclic) bond motifs is 1. The predicted molar refractivity (Wildman–Crippen MR) is 138 cm³/mol. The molecule has 5 rings (SSSR count). The molecule has 34 heavy (non-hydrogen) atoms. The van der Waals surface area contributed by atoms with Gasteiger partial charge in [-0.05, 0) is 42.2 Å². The quantitative estimate of drug-likeness (QED) is 0.369. The number of allylic oxidation sites excluding steroid dienone is 2. The van der Waals surface area contributed by atoms with E-state index in [4.69, 9.17) is 16.6 Å². The second-order valence-corrected chi connectivity index (χ2v) is 10.1. The summed E-state index contributed by atoms with van der Waals surface area (Å²) in [5, 5.41) is 4.53. The lowest BCUT2D eigenvalue weighted by molar-refractivity contribution is -0.116. The van der Waals surface area contributed by atoms with E-state index in [9.17, 15) is 9.59 Å². The molecule has 0 fully saturated rings. The summed E-state index contributed by atoms with van der Waals surface area (Å²) in [6.45, 7) is 0. The van der Waals surface area contributed by atoms with Gasteiger partial charge in [-0.2, -0.15) is 0 Å². The number of hydrogen-bond donors (Lipinski definition) is 2. The maximum atomic E-state index is 13.4. The summed E-state index contributed by atoms with van der Waals surface area (Å²) < 4.78 is 0. The second kappa shape index (κ2) is 9.31. The number of halogens is 1. The Kier molecular flexibility index (Phi) is 6.23. The van der Waals surface area contributed by atoms with Gasteiger partial charge in [0, 0.05) is 54.2 Å². The Labute approximate surface area is 207 Å². The van der Waals surface area contributed by atoms with Crippen molar-refractivity contribution in [3.63, 3.8) is 0 Å². The van der Waals surface area contributed by atoms with Crippen molar-refractivity contribution in [1.29, 1.82) is 0 Å². The fourth-order valence-corrected chi connectivity index (χ4v) is 5.72. The summed E-state index contributed by atoms with van der Waals surface area (Å²) in [6, 6.07) is 15.7. The van der Waals surface area contributed by atoms with Crippen LogP contribution in [0.1, 0.15) is 41.9 Å². The fourth-order valence-electron chi connectivity index (χ4n) is 4.57. The van der Waals surface area contributed by atoms with Gasteiger partial charge in [-0.25, -0.2) is 4.98 Å². The van der Waals surface area contributed by atoms with Crippen LogP contribution in [-0.4, -0.2) is 29.8 Å². The zero-order chi connectivity index (χ0) is 23.8. The van der Waals surface area contributed by atoms with Gasteiger partial charge in [0.2, 0.25) is 0 Å². The number of ketones is 1. The Morgan fingerprint density at radius 1 is 1.09 bits per heavy atom. The smallest absolute Gasteiger partial charge is 0.257 e. The van der Waals surface area contributed by atoms with Crippen LogP contribution in [0.2, 0.25) is 5.02 Å². The molecule has 2 N–H and O–H groups in total. The molecule has 174 valence electrons. The Morgan fingerprint density at radius 3 is 2.59 bits per heavy atom. The molecule has 0 saturated heterocycles. The third-order valence-electron chi connectivity index (χ3n) is 6.30. The molecule has 0 spiro atoms. The summed E-state index contributed by atoms with van der Waals surface area (Å²) in [7, 11) is 3.97. The van der Waals surface area contributed by atoms with Gasteiger partial charge in [-0.1, -0.05) is 53.7 Å². The number of aromatic amines is 1. The van der Waals surface area contributed by atoms with Gasteiger partial charge in [0.15, 0.2) is 10.9 Å². The Hall–Kier alpha value is -3.03. The van der Waals surface area contributed by atoms with E-state index in [1.54, 1.807) is 0 Å². The highest BCUT2D eigenvalue weighted by atomic mass is 35.5. The van der Waals surface area contributed by atoms with Crippen molar-refractivity contribution in [2.45, 2.75) is 36.1 Å². The molecule has 1 aliphatic carbocycles. The lowest BCUT2D eigenvalue weighted by Gasteiger charge is -2.33. The number of nitrogens with zero attached hydrogens (tertiary/aromatic N) is 2. The van der Waals surface area contributed by atoms with Gasteiger partial charge < -0.3 is 15.2 Å². The topological polar surface area (TPSA) is 78.1 Å². The van der Waals surface area contributed by atoms with Crippen molar-refractivity contribution in [2.24, 2.45) is 0 Å². The molecule has 1 unspecified atom stereocenters. The zero-order valence-corrected chi connectivity index (χ0v) is 20.6. The fraction of sp³-hybridized carbons (Fsp3) is 0.269. The monoisotopic (exact) mass is 492 g/mol. The highest BCUT2D eigenvalue weighted by Gasteiger charge is 2.37. The molecule has 3 aromatic rings. The van der Waals surface area contributed by atoms with Crippen LogP contribution in [0.5, 0.6) is 0 Å². The van der Waals surface area contributed by atoms with Gasteiger partial charge in [-0.15, -0.1) is 0 Å². The van der Waals surface area contributed by atoms with E-state index in [1.165, 1.54) is 11.8 Å². The molecule has 0 radical (unpaired) electrons. The molecule has 0 saturated carbocycles. The van der Waals surface area contributed by atoms with E-state index in [2.05, 4.69) is 10.3 Å². The Balaban J connectivity index is 1.55. The summed E-state index contributed by atoms with van der Waals surface area (Å²) in [6.07, 6.45) is 2.06. The van der Waals surface area contributed by atoms with Crippen LogP contribution >= 0.6 is 23.4 Å².